The topological polar surface area (TPSA) is 58.2 Å². The lowest BCUT2D eigenvalue weighted by Gasteiger charge is -2.22. The van der Waals surface area contributed by atoms with E-state index in [4.69, 9.17) is 0 Å². The lowest BCUT2D eigenvalue weighted by Crippen LogP contribution is -2.41. The van der Waals surface area contributed by atoms with Gasteiger partial charge in [0.15, 0.2) is 0 Å². The fraction of sp³-hybridized carbons (Fsp3) is 0.500. The Kier molecular flexibility index (Phi) is 6.08. The lowest BCUT2D eigenvalue weighted by atomic mass is 10.2. The number of sulfonamides is 1. The Labute approximate surface area is 115 Å². The van der Waals surface area contributed by atoms with Crippen LogP contribution in [0.1, 0.15) is 18.4 Å². The first kappa shape index (κ1) is 15.4. The van der Waals surface area contributed by atoms with Crippen molar-refractivity contribution < 1.29 is 8.42 Å². The van der Waals surface area contributed by atoms with E-state index in [9.17, 15) is 8.42 Å². The van der Waals surface area contributed by atoms with Gasteiger partial charge < -0.3 is 5.32 Å². The molecule has 0 bridgehead atoms. The second kappa shape index (κ2) is 7.09. The zero-order valence-corrected chi connectivity index (χ0v) is 11.8. The van der Waals surface area contributed by atoms with Crippen molar-refractivity contribution in [3.63, 3.8) is 0 Å². The van der Waals surface area contributed by atoms with Crippen molar-refractivity contribution in [1.29, 1.82) is 0 Å². The number of hydrogen-bond acceptors (Lipinski definition) is 3. The van der Waals surface area contributed by atoms with E-state index in [-0.39, 0.29) is 17.7 Å². The highest BCUT2D eigenvalue weighted by atomic mass is 35.5. The highest BCUT2D eigenvalue weighted by molar-refractivity contribution is 7.90. The molecule has 6 heteroatoms. The average Bonchev–Trinajstić information content (AvgIpc) is 2.39. The summed E-state index contributed by atoms with van der Waals surface area (Å²) in [5.41, 5.74) is 0.991. The van der Waals surface area contributed by atoms with Gasteiger partial charge in [-0.25, -0.2) is 13.1 Å². The standard InChI is InChI=1S/C12H18N2O2S.ClH/c15-17(16,12-6-8-13-9-7-12)14-10-11-4-2-1-3-5-11;/h1-5,12-14H,6-10H2;1H. The first-order valence-electron chi connectivity index (χ1n) is 5.91. The van der Waals surface area contributed by atoms with Crippen LogP contribution in [0.3, 0.4) is 0 Å². The van der Waals surface area contributed by atoms with Crippen LogP contribution in [0.5, 0.6) is 0 Å². The summed E-state index contributed by atoms with van der Waals surface area (Å²) in [6.45, 7) is 1.96. The van der Waals surface area contributed by atoms with Gasteiger partial charge in [0, 0.05) is 6.54 Å². The van der Waals surface area contributed by atoms with Crippen LogP contribution >= 0.6 is 12.4 Å². The highest BCUT2D eigenvalue weighted by Crippen LogP contribution is 2.12. The van der Waals surface area contributed by atoms with Crippen LogP contribution in [-0.4, -0.2) is 26.8 Å². The quantitative estimate of drug-likeness (QED) is 0.878. The Morgan fingerprint density at radius 1 is 1.17 bits per heavy atom. The van der Waals surface area contributed by atoms with Gasteiger partial charge in [-0.2, -0.15) is 0 Å². The molecule has 2 rings (SSSR count). The van der Waals surface area contributed by atoms with E-state index in [1.54, 1.807) is 0 Å². The Balaban J connectivity index is 0.00000162. The number of benzene rings is 1. The largest absolute Gasteiger partial charge is 0.317 e. The van der Waals surface area contributed by atoms with E-state index in [0.29, 0.717) is 19.4 Å². The number of piperidine rings is 1. The molecule has 1 heterocycles. The molecule has 0 amide bonds. The molecule has 4 nitrogen and oxygen atoms in total. The number of hydrogen-bond donors (Lipinski definition) is 2. The molecule has 102 valence electrons. The van der Waals surface area contributed by atoms with Crippen molar-refractivity contribution >= 4 is 22.4 Å². The zero-order chi connectivity index (χ0) is 12.1. The second-order valence-electron chi connectivity index (χ2n) is 4.30. The zero-order valence-electron chi connectivity index (χ0n) is 10.1. The molecule has 1 aliphatic rings. The Morgan fingerprint density at radius 2 is 1.78 bits per heavy atom. The first-order valence-corrected chi connectivity index (χ1v) is 7.46. The van der Waals surface area contributed by atoms with Crippen molar-refractivity contribution in [1.82, 2.24) is 10.0 Å². The van der Waals surface area contributed by atoms with Gasteiger partial charge in [-0.05, 0) is 31.5 Å². The van der Waals surface area contributed by atoms with E-state index in [0.717, 1.165) is 18.7 Å². The van der Waals surface area contributed by atoms with Crippen molar-refractivity contribution in [3.05, 3.63) is 35.9 Å². The normalized spacial score (nSPS) is 17.1. The Bertz CT molecular complexity index is 444. The molecule has 1 aromatic rings. The number of rotatable bonds is 4. The maximum absolute atomic E-state index is 12.0. The molecule has 1 fully saturated rings. The SMILES string of the molecule is Cl.O=S(=O)(NCc1ccccc1)C1CCNCC1. The summed E-state index contributed by atoms with van der Waals surface area (Å²) in [5.74, 6) is 0. The van der Waals surface area contributed by atoms with E-state index >= 15 is 0 Å². The van der Waals surface area contributed by atoms with E-state index in [1.165, 1.54) is 0 Å². The summed E-state index contributed by atoms with van der Waals surface area (Å²) in [5, 5.41) is 2.93. The fourth-order valence-electron chi connectivity index (χ4n) is 2.00. The monoisotopic (exact) mass is 290 g/mol. The summed E-state index contributed by atoms with van der Waals surface area (Å²) in [7, 11) is -3.17. The van der Waals surface area contributed by atoms with Gasteiger partial charge in [-0.3, -0.25) is 0 Å². The molecule has 1 aliphatic heterocycles. The highest BCUT2D eigenvalue weighted by Gasteiger charge is 2.26. The third kappa shape index (κ3) is 4.24. The molecule has 18 heavy (non-hydrogen) atoms. The fourth-order valence-corrected chi connectivity index (χ4v) is 3.46. The lowest BCUT2D eigenvalue weighted by molar-refractivity contribution is 0.489. The average molecular weight is 291 g/mol. The van der Waals surface area contributed by atoms with Crippen LogP contribution < -0.4 is 10.0 Å². The van der Waals surface area contributed by atoms with Gasteiger partial charge in [-0.15, -0.1) is 12.4 Å². The van der Waals surface area contributed by atoms with Crippen LogP contribution in [0.4, 0.5) is 0 Å². The predicted molar refractivity (Wildman–Crippen MR) is 75.3 cm³/mol. The molecule has 1 aromatic carbocycles. The molecule has 1 saturated heterocycles. The summed E-state index contributed by atoms with van der Waals surface area (Å²) in [6, 6.07) is 9.59. The molecule has 0 atom stereocenters. The predicted octanol–water partition coefficient (Wildman–Crippen LogP) is 1.28. The van der Waals surface area contributed by atoms with Gasteiger partial charge >= 0.3 is 0 Å². The van der Waals surface area contributed by atoms with Crippen LogP contribution in [0.2, 0.25) is 0 Å². The summed E-state index contributed by atoms with van der Waals surface area (Å²) >= 11 is 0. The Morgan fingerprint density at radius 3 is 2.39 bits per heavy atom. The van der Waals surface area contributed by atoms with Crippen molar-refractivity contribution in [2.75, 3.05) is 13.1 Å². The van der Waals surface area contributed by atoms with Gasteiger partial charge in [0.1, 0.15) is 0 Å². The second-order valence-corrected chi connectivity index (χ2v) is 6.35. The summed E-state index contributed by atoms with van der Waals surface area (Å²) in [6.07, 6.45) is 1.40. The maximum Gasteiger partial charge on any atom is 0.214 e. The van der Waals surface area contributed by atoms with E-state index in [1.807, 2.05) is 30.3 Å². The summed E-state index contributed by atoms with van der Waals surface area (Å²) < 4.78 is 26.7. The maximum atomic E-state index is 12.0. The number of nitrogens with one attached hydrogen (secondary N) is 2. The van der Waals surface area contributed by atoms with Gasteiger partial charge in [-0.1, -0.05) is 30.3 Å². The Hall–Kier alpha value is -0.620. The molecule has 0 aliphatic carbocycles. The van der Waals surface area contributed by atoms with Gasteiger partial charge in [0.2, 0.25) is 10.0 Å². The van der Waals surface area contributed by atoms with Crippen molar-refractivity contribution in [2.24, 2.45) is 0 Å². The minimum absolute atomic E-state index is 0. The minimum Gasteiger partial charge on any atom is -0.317 e. The van der Waals surface area contributed by atoms with Gasteiger partial charge in [0.05, 0.1) is 5.25 Å². The van der Waals surface area contributed by atoms with E-state index < -0.39 is 10.0 Å². The van der Waals surface area contributed by atoms with Crippen molar-refractivity contribution in [3.8, 4) is 0 Å². The van der Waals surface area contributed by atoms with Crippen LogP contribution in [-0.2, 0) is 16.6 Å². The van der Waals surface area contributed by atoms with E-state index in [2.05, 4.69) is 10.0 Å². The summed E-state index contributed by atoms with van der Waals surface area (Å²) in [4.78, 5) is 0. The molecule has 0 radical (unpaired) electrons. The molecule has 0 aromatic heterocycles. The minimum atomic E-state index is -3.17. The van der Waals surface area contributed by atoms with Crippen molar-refractivity contribution in [2.45, 2.75) is 24.6 Å². The molecule has 0 spiro atoms. The van der Waals surface area contributed by atoms with Crippen LogP contribution in [0.15, 0.2) is 30.3 Å². The third-order valence-electron chi connectivity index (χ3n) is 3.05. The molecule has 0 unspecified atom stereocenters. The molecular weight excluding hydrogens is 272 g/mol. The van der Waals surface area contributed by atoms with Crippen LogP contribution in [0.25, 0.3) is 0 Å². The molecule has 0 saturated carbocycles. The smallest absolute Gasteiger partial charge is 0.214 e. The molecular formula is C12H19ClN2O2S. The van der Waals surface area contributed by atoms with Gasteiger partial charge in [0.25, 0.3) is 0 Å². The third-order valence-corrected chi connectivity index (χ3v) is 4.94. The molecule has 2 N–H and O–H groups in total. The number of halogens is 1. The first-order chi connectivity index (χ1) is 8.18. The van der Waals surface area contributed by atoms with Crippen LogP contribution in [0, 0.1) is 0 Å².